The molecule has 4 heteroatoms. The van der Waals surface area contributed by atoms with Gasteiger partial charge in [-0.25, -0.2) is 4.39 Å². The quantitative estimate of drug-likeness (QED) is 0.761. The van der Waals surface area contributed by atoms with E-state index in [1.807, 2.05) is 13.0 Å². The molecule has 2 nitrogen and oxygen atoms in total. The number of aryl methyl sites for hydroxylation is 1. The number of pyridine rings is 1. The fourth-order valence-electron chi connectivity index (χ4n) is 1.56. The molecule has 0 saturated heterocycles. The van der Waals surface area contributed by atoms with E-state index in [1.54, 1.807) is 12.1 Å². The molecule has 0 fully saturated rings. The highest BCUT2D eigenvalue weighted by atomic mass is 35.5. The zero-order valence-corrected chi connectivity index (χ0v) is 9.83. The lowest BCUT2D eigenvalue weighted by atomic mass is 10.0. The molecule has 0 spiro atoms. The van der Waals surface area contributed by atoms with Gasteiger partial charge in [0.2, 0.25) is 0 Å². The monoisotopic (exact) mass is 249 g/mol. The number of hydrogen-bond donors (Lipinski definition) is 0. The first-order valence-electron chi connectivity index (χ1n) is 4.98. The van der Waals surface area contributed by atoms with Crippen molar-refractivity contribution < 1.29 is 9.18 Å². The van der Waals surface area contributed by atoms with E-state index in [0.717, 1.165) is 11.8 Å². The first-order chi connectivity index (χ1) is 8.13. The first-order valence-corrected chi connectivity index (χ1v) is 5.36. The van der Waals surface area contributed by atoms with Gasteiger partial charge in [-0.2, -0.15) is 0 Å². The van der Waals surface area contributed by atoms with Crippen LogP contribution in [0.5, 0.6) is 0 Å². The van der Waals surface area contributed by atoms with E-state index in [9.17, 15) is 9.18 Å². The fraction of sp³-hybridized carbons (Fsp3) is 0.0769. The molecule has 1 aromatic heterocycles. The van der Waals surface area contributed by atoms with Gasteiger partial charge in [0, 0.05) is 16.8 Å². The van der Waals surface area contributed by atoms with Crippen LogP contribution in [0, 0.1) is 12.7 Å². The van der Waals surface area contributed by atoms with E-state index >= 15 is 0 Å². The Morgan fingerprint density at radius 3 is 2.76 bits per heavy atom. The van der Waals surface area contributed by atoms with Gasteiger partial charge < -0.3 is 0 Å². The molecule has 0 unspecified atom stereocenters. The Morgan fingerprint density at radius 1 is 1.35 bits per heavy atom. The van der Waals surface area contributed by atoms with Crippen molar-refractivity contribution in [3.05, 3.63) is 52.6 Å². The SMILES string of the molecule is Cc1ccc(-c2cncc(F)c2C=O)cc1Cl. The average Bonchev–Trinajstić information content (AvgIpc) is 2.32. The van der Waals surface area contributed by atoms with E-state index in [4.69, 9.17) is 11.6 Å². The second-order valence-corrected chi connectivity index (χ2v) is 4.07. The molecule has 0 N–H and O–H groups in total. The van der Waals surface area contributed by atoms with Crippen LogP contribution < -0.4 is 0 Å². The maximum atomic E-state index is 13.4. The lowest BCUT2D eigenvalue weighted by molar-refractivity contribution is 0.112. The predicted octanol–water partition coefficient (Wildman–Crippen LogP) is 3.66. The maximum Gasteiger partial charge on any atom is 0.153 e. The third-order valence-electron chi connectivity index (χ3n) is 2.54. The number of benzene rings is 1. The molecule has 0 atom stereocenters. The molecule has 0 aliphatic rings. The third kappa shape index (κ3) is 2.19. The van der Waals surface area contributed by atoms with Gasteiger partial charge >= 0.3 is 0 Å². The number of carbonyl (C=O) groups is 1. The van der Waals surface area contributed by atoms with Crippen molar-refractivity contribution in [3.63, 3.8) is 0 Å². The first kappa shape index (κ1) is 11.7. The van der Waals surface area contributed by atoms with Gasteiger partial charge in [-0.1, -0.05) is 23.7 Å². The van der Waals surface area contributed by atoms with Crippen molar-refractivity contribution in [2.45, 2.75) is 6.92 Å². The van der Waals surface area contributed by atoms with Crippen molar-refractivity contribution in [2.75, 3.05) is 0 Å². The Labute approximate surface area is 103 Å². The van der Waals surface area contributed by atoms with Crippen LogP contribution in [0.3, 0.4) is 0 Å². The molecule has 0 saturated carbocycles. The number of rotatable bonds is 2. The number of nitrogens with zero attached hydrogens (tertiary/aromatic N) is 1. The van der Waals surface area contributed by atoms with Gasteiger partial charge in [0.25, 0.3) is 0 Å². The standard InChI is InChI=1S/C13H9ClFNO/c1-8-2-3-9(4-12(8)14)10-5-16-6-13(15)11(10)7-17/h2-7H,1H3. The number of aldehydes is 1. The van der Waals surface area contributed by atoms with Crippen LogP contribution in [0.1, 0.15) is 15.9 Å². The molecule has 2 aromatic rings. The summed E-state index contributed by atoms with van der Waals surface area (Å²) < 4.78 is 13.4. The average molecular weight is 250 g/mol. The molecule has 0 aliphatic carbocycles. The summed E-state index contributed by atoms with van der Waals surface area (Å²) in [6.45, 7) is 1.87. The van der Waals surface area contributed by atoms with Crippen LogP contribution >= 0.6 is 11.6 Å². The summed E-state index contributed by atoms with van der Waals surface area (Å²) in [5, 5.41) is 0.573. The number of halogens is 2. The molecule has 0 amide bonds. The van der Waals surface area contributed by atoms with Crippen LogP contribution in [-0.2, 0) is 0 Å². The Kier molecular flexibility index (Phi) is 3.20. The minimum Gasteiger partial charge on any atom is -0.298 e. The molecule has 1 aromatic carbocycles. The van der Waals surface area contributed by atoms with Gasteiger partial charge in [-0.15, -0.1) is 0 Å². The predicted molar refractivity (Wildman–Crippen MR) is 64.8 cm³/mol. The molecular formula is C13H9ClFNO. The minimum atomic E-state index is -0.630. The van der Waals surface area contributed by atoms with E-state index in [0.29, 0.717) is 22.4 Å². The Hall–Kier alpha value is -1.74. The van der Waals surface area contributed by atoms with E-state index < -0.39 is 5.82 Å². The summed E-state index contributed by atoms with van der Waals surface area (Å²) >= 11 is 6.00. The number of aromatic nitrogens is 1. The molecule has 2 rings (SSSR count). The van der Waals surface area contributed by atoms with E-state index in [2.05, 4.69) is 4.98 Å². The summed E-state index contributed by atoms with van der Waals surface area (Å²) in [6.07, 6.45) is 2.96. The summed E-state index contributed by atoms with van der Waals surface area (Å²) in [5.74, 6) is -0.630. The summed E-state index contributed by atoms with van der Waals surface area (Å²) in [7, 11) is 0. The van der Waals surface area contributed by atoms with Crippen LogP contribution in [0.4, 0.5) is 4.39 Å². The normalized spacial score (nSPS) is 10.3. The topological polar surface area (TPSA) is 30.0 Å². The van der Waals surface area contributed by atoms with Crippen LogP contribution in [-0.4, -0.2) is 11.3 Å². The fourth-order valence-corrected chi connectivity index (χ4v) is 1.74. The highest BCUT2D eigenvalue weighted by molar-refractivity contribution is 6.31. The zero-order chi connectivity index (χ0) is 12.4. The highest BCUT2D eigenvalue weighted by Gasteiger charge is 2.10. The van der Waals surface area contributed by atoms with Gasteiger partial charge in [-0.05, 0) is 24.1 Å². The number of hydrogen-bond acceptors (Lipinski definition) is 2. The van der Waals surface area contributed by atoms with Gasteiger partial charge in [0.15, 0.2) is 12.1 Å². The maximum absolute atomic E-state index is 13.4. The Balaban J connectivity index is 2.64. The van der Waals surface area contributed by atoms with Crippen molar-refractivity contribution in [1.29, 1.82) is 0 Å². The van der Waals surface area contributed by atoms with Gasteiger partial charge in [0.05, 0.1) is 11.8 Å². The largest absolute Gasteiger partial charge is 0.298 e. The highest BCUT2D eigenvalue weighted by Crippen LogP contribution is 2.27. The summed E-state index contributed by atoms with van der Waals surface area (Å²) in [4.78, 5) is 14.6. The molecule has 86 valence electrons. The van der Waals surface area contributed by atoms with Crippen LogP contribution in [0.25, 0.3) is 11.1 Å². The minimum absolute atomic E-state index is 0.0000743. The third-order valence-corrected chi connectivity index (χ3v) is 2.95. The molecule has 0 radical (unpaired) electrons. The second kappa shape index (κ2) is 4.63. The Morgan fingerprint density at radius 2 is 2.12 bits per heavy atom. The molecule has 0 aliphatic heterocycles. The van der Waals surface area contributed by atoms with Crippen molar-refractivity contribution in [2.24, 2.45) is 0 Å². The van der Waals surface area contributed by atoms with Gasteiger partial charge in [-0.3, -0.25) is 9.78 Å². The lowest BCUT2D eigenvalue weighted by Crippen LogP contribution is -1.94. The zero-order valence-electron chi connectivity index (χ0n) is 9.08. The van der Waals surface area contributed by atoms with Gasteiger partial charge in [0.1, 0.15) is 0 Å². The van der Waals surface area contributed by atoms with Crippen molar-refractivity contribution >= 4 is 17.9 Å². The summed E-state index contributed by atoms with van der Waals surface area (Å²) in [6, 6.07) is 5.29. The van der Waals surface area contributed by atoms with E-state index in [-0.39, 0.29) is 5.56 Å². The number of carbonyl (C=O) groups excluding carboxylic acids is 1. The molecule has 17 heavy (non-hydrogen) atoms. The van der Waals surface area contributed by atoms with Crippen LogP contribution in [0.15, 0.2) is 30.6 Å². The summed E-state index contributed by atoms with van der Waals surface area (Å²) in [5.41, 5.74) is 2.05. The van der Waals surface area contributed by atoms with E-state index in [1.165, 1.54) is 6.20 Å². The van der Waals surface area contributed by atoms with Crippen molar-refractivity contribution in [3.8, 4) is 11.1 Å². The smallest absolute Gasteiger partial charge is 0.153 e. The second-order valence-electron chi connectivity index (χ2n) is 3.66. The lowest BCUT2D eigenvalue weighted by Gasteiger charge is -2.07. The molecule has 1 heterocycles. The Bertz CT molecular complexity index is 584. The van der Waals surface area contributed by atoms with Crippen molar-refractivity contribution in [1.82, 2.24) is 4.98 Å². The molecule has 0 bridgehead atoms. The molecular weight excluding hydrogens is 241 g/mol. The van der Waals surface area contributed by atoms with Crippen LogP contribution in [0.2, 0.25) is 5.02 Å².